The maximum atomic E-state index is 11.8. The quantitative estimate of drug-likeness (QED) is 0.772. The maximum absolute atomic E-state index is 11.8. The summed E-state index contributed by atoms with van der Waals surface area (Å²) >= 11 is 1.48. The Bertz CT molecular complexity index is 272. The number of rotatable bonds is 5. The summed E-state index contributed by atoms with van der Waals surface area (Å²) < 4.78 is 4.95. The number of methoxy groups -OCH3 is 1. The molecule has 1 unspecified atom stereocenters. The molecule has 0 aromatic heterocycles. The number of hydrogen-bond donors (Lipinski definition) is 1. The van der Waals surface area contributed by atoms with E-state index in [4.69, 9.17) is 9.84 Å². The monoisotopic (exact) mass is 247 g/mol. The normalized spacial score (nSPS) is 22.1. The van der Waals surface area contributed by atoms with Crippen molar-refractivity contribution in [2.75, 3.05) is 25.3 Å². The van der Waals surface area contributed by atoms with Gasteiger partial charge in [0, 0.05) is 25.9 Å². The van der Waals surface area contributed by atoms with E-state index in [9.17, 15) is 9.59 Å². The summed E-state index contributed by atoms with van der Waals surface area (Å²) in [4.78, 5) is 24.2. The zero-order chi connectivity index (χ0) is 12.1. The number of carbonyl (C=O) groups excluding carboxylic acids is 1. The molecule has 0 aromatic rings. The topological polar surface area (TPSA) is 66.8 Å². The van der Waals surface area contributed by atoms with Crippen LogP contribution in [0.1, 0.15) is 13.3 Å². The van der Waals surface area contributed by atoms with E-state index in [-0.39, 0.29) is 11.8 Å². The highest BCUT2D eigenvalue weighted by atomic mass is 32.2. The van der Waals surface area contributed by atoms with Crippen molar-refractivity contribution >= 4 is 23.6 Å². The van der Waals surface area contributed by atoms with Crippen molar-refractivity contribution in [1.82, 2.24) is 4.90 Å². The molecule has 0 saturated carbocycles. The number of carboxylic acids is 1. The molecule has 0 aromatic carbocycles. The predicted molar refractivity (Wildman–Crippen MR) is 61.3 cm³/mol. The van der Waals surface area contributed by atoms with Crippen LogP contribution in [0.2, 0.25) is 0 Å². The molecule has 1 N–H and O–H groups in total. The molecule has 1 aliphatic heterocycles. The van der Waals surface area contributed by atoms with Gasteiger partial charge in [0.2, 0.25) is 5.91 Å². The van der Waals surface area contributed by atoms with Gasteiger partial charge in [-0.2, -0.15) is 0 Å². The van der Waals surface area contributed by atoms with Crippen LogP contribution < -0.4 is 0 Å². The molecular weight excluding hydrogens is 230 g/mol. The third-order valence-corrected chi connectivity index (χ3v) is 3.47. The zero-order valence-corrected chi connectivity index (χ0v) is 10.3. The third-order valence-electron chi connectivity index (χ3n) is 2.46. The van der Waals surface area contributed by atoms with E-state index < -0.39 is 12.0 Å². The Kier molecular flexibility index (Phi) is 5.08. The number of aliphatic carboxylic acids is 1. The number of thioether (sulfide) groups is 1. The van der Waals surface area contributed by atoms with Gasteiger partial charge in [-0.25, -0.2) is 4.79 Å². The lowest BCUT2D eigenvalue weighted by atomic mass is 10.1. The van der Waals surface area contributed by atoms with Gasteiger partial charge in [0.25, 0.3) is 0 Å². The molecule has 1 rings (SSSR count). The lowest BCUT2D eigenvalue weighted by Gasteiger charge is -2.22. The second-order valence-electron chi connectivity index (χ2n) is 3.98. The van der Waals surface area contributed by atoms with Crippen molar-refractivity contribution in [2.24, 2.45) is 5.92 Å². The number of carbonyl (C=O) groups is 2. The molecule has 0 aliphatic carbocycles. The fraction of sp³-hybridized carbons (Fsp3) is 0.800. The van der Waals surface area contributed by atoms with Crippen LogP contribution >= 0.6 is 11.8 Å². The lowest BCUT2D eigenvalue weighted by Crippen LogP contribution is -2.42. The molecule has 16 heavy (non-hydrogen) atoms. The molecule has 92 valence electrons. The fourth-order valence-electron chi connectivity index (χ4n) is 1.65. The van der Waals surface area contributed by atoms with Crippen LogP contribution in [0.3, 0.4) is 0 Å². The van der Waals surface area contributed by atoms with Crippen molar-refractivity contribution in [3.63, 3.8) is 0 Å². The third kappa shape index (κ3) is 3.38. The SMILES string of the molecule is COCC(C)CC(=O)N1CSC[C@H]1C(=O)O. The minimum Gasteiger partial charge on any atom is -0.480 e. The molecule has 1 aliphatic rings. The Hall–Kier alpha value is -0.750. The van der Waals surface area contributed by atoms with Crippen LogP contribution in [0.25, 0.3) is 0 Å². The maximum Gasteiger partial charge on any atom is 0.327 e. The first kappa shape index (κ1) is 13.3. The summed E-state index contributed by atoms with van der Waals surface area (Å²) in [5, 5.41) is 8.94. The Morgan fingerprint density at radius 2 is 2.31 bits per heavy atom. The number of nitrogens with zero attached hydrogens (tertiary/aromatic N) is 1. The molecule has 5 nitrogen and oxygen atoms in total. The minimum atomic E-state index is -0.919. The Balaban J connectivity index is 2.49. The summed E-state index contributed by atoms with van der Waals surface area (Å²) in [7, 11) is 1.59. The van der Waals surface area contributed by atoms with Crippen molar-refractivity contribution in [2.45, 2.75) is 19.4 Å². The van der Waals surface area contributed by atoms with Crippen LogP contribution in [0.15, 0.2) is 0 Å². The second kappa shape index (κ2) is 6.10. The Morgan fingerprint density at radius 3 is 2.88 bits per heavy atom. The van der Waals surface area contributed by atoms with E-state index in [2.05, 4.69) is 0 Å². The zero-order valence-electron chi connectivity index (χ0n) is 9.51. The van der Waals surface area contributed by atoms with Gasteiger partial charge in [-0.1, -0.05) is 6.92 Å². The molecular formula is C10H17NO4S. The number of carboxylic acid groups (broad SMARTS) is 1. The first-order chi connectivity index (χ1) is 7.56. The summed E-state index contributed by atoms with van der Waals surface area (Å²) in [6.07, 6.45) is 0.345. The highest BCUT2D eigenvalue weighted by molar-refractivity contribution is 7.99. The average Bonchev–Trinajstić information content (AvgIpc) is 2.65. The molecule has 2 atom stereocenters. The van der Waals surface area contributed by atoms with Gasteiger partial charge in [-0.3, -0.25) is 4.79 Å². The van der Waals surface area contributed by atoms with Crippen LogP contribution in [0, 0.1) is 5.92 Å². The van der Waals surface area contributed by atoms with Gasteiger partial charge in [-0.05, 0) is 5.92 Å². The van der Waals surface area contributed by atoms with Crippen LogP contribution in [0.5, 0.6) is 0 Å². The van der Waals surface area contributed by atoms with E-state index in [1.807, 2.05) is 6.92 Å². The largest absolute Gasteiger partial charge is 0.480 e. The van der Waals surface area contributed by atoms with Gasteiger partial charge in [0.15, 0.2) is 0 Å². The minimum absolute atomic E-state index is 0.0954. The lowest BCUT2D eigenvalue weighted by molar-refractivity contribution is -0.148. The number of hydrogen-bond acceptors (Lipinski definition) is 4. The smallest absolute Gasteiger partial charge is 0.327 e. The summed E-state index contributed by atoms with van der Waals surface area (Å²) in [6.45, 7) is 2.44. The van der Waals surface area contributed by atoms with Crippen molar-refractivity contribution in [1.29, 1.82) is 0 Å². The van der Waals surface area contributed by atoms with Crippen LogP contribution in [-0.2, 0) is 14.3 Å². The molecule has 6 heteroatoms. The Morgan fingerprint density at radius 1 is 1.62 bits per heavy atom. The number of ether oxygens (including phenoxy) is 1. The summed E-state index contributed by atoms with van der Waals surface area (Å²) in [6, 6.07) is -0.660. The molecule has 1 heterocycles. The van der Waals surface area contributed by atoms with E-state index >= 15 is 0 Å². The van der Waals surface area contributed by atoms with Crippen molar-refractivity contribution in [3.8, 4) is 0 Å². The van der Waals surface area contributed by atoms with Gasteiger partial charge >= 0.3 is 5.97 Å². The van der Waals surface area contributed by atoms with E-state index in [1.54, 1.807) is 7.11 Å². The standard InChI is InChI=1S/C10H17NO4S/c1-7(4-15-2)3-9(12)11-6-16-5-8(11)10(13)14/h7-8H,3-6H2,1-2H3,(H,13,14)/t7?,8-/m0/s1. The molecule has 0 bridgehead atoms. The second-order valence-corrected chi connectivity index (χ2v) is 4.98. The molecule has 1 saturated heterocycles. The van der Waals surface area contributed by atoms with Crippen LogP contribution in [0.4, 0.5) is 0 Å². The first-order valence-electron chi connectivity index (χ1n) is 5.15. The molecule has 0 spiro atoms. The van der Waals surface area contributed by atoms with Crippen LogP contribution in [-0.4, -0.2) is 53.3 Å². The predicted octanol–water partition coefficient (Wildman–Crippen LogP) is 0.645. The van der Waals surface area contributed by atoms with E-state index in [0.29, 0.717) is 24.7 Å². The Labute approximate surface area is 99.1 Å². The summed E-state index contributed by atoms with van der Waals surface area (Å²) in [5.41, 5.74) is 0. The number of amides is 1. The fourth-order valence-corrected chi connectivity index (χ4v) is 2.82. The van der Waals surface area contributed by atoms with Gasteiger partial charge in [0.05, 0.1) is 5.88 Å². The van der Waals surface area contributed by atoms with Gasteiger partial charge < -0.3 is 14.7 Å². The van der Waals surface area contributed by atoms with E-state index in [1.165, 1.54) is 16.7 Å². The van der Waals surface area contributed by atoms with Gasteiger partial charge in [0.1, 0.15) is 6.04 Å². The highest BCUT2D eigenvalue weighted by Gasteiger charge is 2.34. The van der Waals surface area contributed by atoms with E-state index in [0.717, 1.165) is 0 Å². The molecule has 0 radical (unpaired) electrons. The van der Waals surface area contributed by atoms with Crippen molar-refractivity contribution < 1.29 is 19.4 Å². The average molecular weight is 247 g/mol. The molecule has 1 fully saturated rings. The summed E-state index contributed by atoms with van der Waals surface area (Å²) in [5.74, 6) is 0.0760. The highest BCUT2D eigenvalue weighted by Crippen LogP contribution is 2.22. The molecule has 1 amide bonds. The van der Waals surface area contributed by atoms with Gasteiger partial charge in [-0.15, -0.1) is 11.8 Å². The van der Waals surface area contributed by atoms with Crippen molar-refractivity contribution in [3.05, 3.63) is 0 Å². The first-order valence-corrected chi connectivity index (χ1v) is 6.30.